The number of aliphatic carboxylic acids is 1. The molecule has 3 aromatic heterocycles. The maximum Gasteiger partial charge on any atom is 0.309 e. The number of fused-ring (bicyclic) bond motifs is 2. The summed E-state index contributed by atoms with van der Waals surface area (Å²) in [6, 6.07) is 7.98. The Labute approximate surface area is 196 Å². The number of carboxylic acid groups (broad SMARTS) is 1. The van der Waals surface area contributed by atoms with Gasteiger partial charge in [-0.3, -0.25) is 14.0 Å². The van der Waals surface area contributed by atoms with Gasteiger partial charge in [-0.2, -0.15) is 0 Å². The van der Waals surface area contributed by atoms with E-state index in [4.69, 9.17) is 4.74 Å². The Morgan fingerprint density at radius 1 is 1.24 bits per heavy atom. The molecule has 1 amide bonds. The first-order chi connectivity index (χ1) is 16.3. The molecule has 4 aromatic rings. The summed E-state index contributed by atoms with van der Waals surface area (Å²) in [7, 11) is 0. The van der Waals surface area contributed by atoms with Crippen molar-refractivity contribution in [2.45, 2.75) is 26.0 Å². The van der Waals surface area contributed by atoms with Crippen molar-refractivity contribution in [1.29, 1.82) is 0 Å². The Morgan fingerprint density at radius 2 is 2.00 bits per heavy atom. The summed E-state index contributed by atoms with van der Waals surface area (Å²) >= 11 is 1.47. The van der Waals surface area contributed by atoms with Crippen molar-refractivity contribution < 1.29 is 28.2 Å². The fraction of sp³-hybridized carbons (Fsp3) is 0.208. The fourth-order valence-electron chi connectivity index (χ4n) is 4.31. The van der Waals surface area contributed by atoms with Gasteiger partial charge in [-0.25, -0.2) is 13.8 Å². The van der Waals surface area contributed by atoms with Crippen LogP contribution in [0, 0.1) is 24.5 Å². The third-order valence-corrected chi connectivity index (χ3v) is 6.92. The Balaban J connectivity index is 1.44. The molecule has 1 aliphatic carbocycles. The quantitative estimate of drug-likeness (QED) is 0.427. The summed E-state index contributed by atoms with van der Waals surface area (Å²) in [4.78, 5) is 30.4. The van der Waals surface area contributed by atoms with Crippen molar-refractivity contribution in [3.8, 4) is 5.75 Å². The van der Waals surface area contributed by atoms with E-state index in [1.165, 1.54) is 21.8 Å². The number of aryl methyl sites for hydroxylation is 1. The molecule has 0 unspecified atom stereocenters. The highest BCUT2D eigenvalue weighted by Crippen LogP contribution is 2.39. The minimum Gasteiger partial charge on any atom is -0.485 e. The highest BCUT2D eigenvalue weighted by atomic mass is 32.1. The number of pyridine rings is 1. The van der Waals surface area contributed by atoms with Gasteiger partial charge in [0, 0.05) is 11.1 Å². The molecule has 174 valence electrons. The van der Waals surface area contributed by atoms with E-state index in [-0.39, 0.29) is 23.6 Å². The van der Waals surface area contributed by atoms with Crippen LogP contribution in [-0.2, 0) is 17.8 Å². The van der Waals surface area contributed by atoms with Crippen LogP contribution < -0.4 is 10.1 Å². The number of carbonyl (C=O) groups excluding carboxylic acids is 1. The molecule has 0 fully saturated rings. The van der Waals surface area contributed by atoms with E-state index in [2.05, 4.69) is 10.3 Å². The SMILES string of the molecule is Cc1nc2c(OCc3c(F)cccc3F)cccn2c1C(=O)N[C@@H]1c2ccsc2C[C@H]1C(=O)O. The molecular weight excluding hydrogens is 464 g/mol. The molecule has 34 heavy (non-hydrogen) atoms. The topological polar surface area (TPSA) is 92.9 Å². The maximum atomic E-state index is 14.0. The molecule has 1 aliphatic rings. The molecule has 3 heterocycles. The average molecular weight is 483 g/mol. The highest BCUT2D eigenvalue weighted by Gasteiger charge is 2.39. The van der Waals surface area contributed by atoms with Crippen LogP contribution in [0.4, 0.5) is 8.78 Å². The minimum absolute atomic E-state index is 0.210. The van der Waals surface area contributed by atoms with Crippen LogP contribution in [-0.4, -0.2) is 26.4 Å². The number of rotatable bonds is 6. The smallest absolute Gasteiger partial charge is 0.309 e. The molecular formula is C24H19F2N3O4S. The predicted molar refractivity (Wildman–Crippen MR) is 120 cm³/mol. The molecule has 0 radical (unpaired) electrons. The van der Waals surface area contributed by atoms with Crippen molar-refractivity contribution in [2.75, 3.05) is 0 Å². The van der Waals surface area contributed by atoms with Crippen LogP contribution in [0.15, 0.2) is 48.0 Å². The lowest BCUT2D eigenvalue weighted by molar-refractivity contribution is -0.142. The number of carbonyl (C=O) groups is 2. The molecule has 0 spiro atoms. The number of nitrogens with one attached hydrogen (secondary N) is 1. The van der Waals surface area contributed by atoms with E-state index in [1.807, 2.05) is 11.4 Å². The van der Waals surface area contributed by atoms with Crippen molar-refractivity contribution >= 4 is 28.9 Å². The van der Waals surface area contributed by atoms with Crippen molar-refractivity contribution in [1.82, 2.24) is 14.7 Å². The van der Waals surface area contributed by atoms with Gasteiger partial charge >= 0.3 is 5.97 Å². The molecule has 0 saturated heterocycles. The van der Waals surface area contributed by atoms with Crippen molar-refractivity contribution in [2.24, 2.45) is 5.92 Å². The normalized spacial score (nSPS) is 17.0. The van der Waals surface area contributed by atoms with Crippen LogP contribution >= 0.6 is 11.3 Å². The lowest BCUT2D eigenvalue weighted by Crippen LogP contribution is -2.35. The number of aromatic nitrogens is 2. The van der Waals surface area contributed by atoms with Crippen LogP contribution in [0.3, 0.4) is 0 Å². The lowest BCUT2D eigenvalue weighted by atomic mass is 10.0. The van der Waals surface area contributed by atoms with E-state index in [1.54, 1.807) is 25.3 Å². The lowest BCUT2D eigenvalue weighted by Gasteiger charge is -2.18. The molecule has 0 bridgehead atoms. The second kappa shape index (κ2) is 8.53. The number of carboxylic acids is 1. The van der Waals surface area contributed by atoms with Crippen LogP contribution in [0.25, 0.3) is 5.65 Å². The second-order valence-corrected chi connectivity index (χ2v) is 9.00. The second-order valence-electron chi connectivity index (χ2n) is 8.00. The predicted octanol–water partition coefficient (Wildman–Crippen LogP) is 4.29. The first kappa shape index (κ1) is 22.0. The van der Waals surface area contributed by atoms with E-state index in [0.29, 0.717) is 17.8 Å². The van der Waals surface area contributed by atoms with Gasteiger partial charge in [0.2, 0.25) is 0 Å². The van der Waals surface area contributed by atoms with Crippen LogP contribution in [0.1, 0.15) is 38.2 Å². The van der Waals surface area contributed by atoms with Gasteiger partial charge in [0.25, 0.3) is 5.91 Å². The maximum absolute atomic E-state index is 14.0. The first-order valence-corrected chi connectivity index (χ1v) is 11.4. The third kappa shape index (κ3) is 3.69. The molecule has 0 saturated carbocycles. The van der Waals surface area contributed by atoms with Crippen LogP contribution in [0.2, 0.25) is 0 Å². The molecule has 0 aliphatic heterocycles. The van der Waals surface area contributed by atoms with E-state index >= 15 is 0 Å². The number of halogens is 2. The summed E-state index contributed by atoms with van der Waals surface area (Å²) in [5.74, 6) is -3.39. The largest absolute Gasteiger partial charge is 0.485 e. The number of amides is 1. The van der Waals surface area contributed by atoms with E-state index in [0.717, 1.165) is 22.6 Å². The summed E-state index contributed by atoms with van der Waals surface area (Å²) in [6.45, 7) is 1.30. The highest BCUT2D eigenvalue weighted by molar-refractivity contribution is 7.10. The number of hydrogen-bond acceptors (Lipinski definition) is 5. The first-order valence-electron chi connectivity index (χ1n) is 10.5. The Morgan fingerprint density at radius 3 is 2.74 bits per heavy atom. The molecule has 1 aromatic carbocycles. The van der Waals surface area contributed by atoms with Gasteiger partial charge in [-0.15, -0.1) is 11.3 Å². The van der Waals surface area contributed by atoms with Gasteiger partial charge < -0.3 is 15.2 Å². The Hall–Kier alpha value is -3.79. The number of imidazole rings is 1. The van der Waals surface area contributed by atoms with E-state index < -0.39 is 35.5 Å². The summed E-state index contributed by atoms with van der Waals surface area (Å²) < 4.78 is 35.1. The summed E-state index contributed by atoms with van der Waals surface area (Å²) in [5.41, 5.74) is 1.54. The number of ether oxygens (including phenoxy) is 1. The summed E-state index contributed by atoms with van der Waals surface area (Å²) in [5, 5.41) is 14.4. The fourth-order valence-corrected chi connectivity index (χ4v) is 5.29. The minimum atomic E-state index is -0.973. The van der Waals surface area contributed by atoms with Crippen molar-refractivity contribution in [3.63, 3.8) is 0 Å². The molecule has 2 N–H and O–H groups in total. The third-order valence-electron chi connectivity index (χ3n) is 5.96. The van der Waals surface area contributed by atoms with E-state index in [9.17, 15) is 23.5 Å². The average Bonchev–Trinajstić information content (AvgIpc) is 3.47. The zero-order chi connectivity index (χ0) is 24.0. The molecule has 7 nitrogen and oxygen atoms in total. The number of benzene rings is 1. The number of thiophene rings is 1. The van der Waals surface area contributed by atoms with Gasteiger partial charge in [0.15, 0.2) is 11.4 Å². The van der Waals surface area contributed by atoms with Gasteiger partial charge in [0.1, 0.15) is 23.9 Å². The summed E-state index contributed by atoms with van der Waals surface area (Å²) in [6.07, 6.45) is 1.99. The molecule has 2 atom stereocenters. The number of hydrogen-bond donors (Lipinski definition) is 2. The van der Waals surface area contributed by atoms with Crippen LogP contribution in [0.5, 0.6) is 5.75 Å². The van der Waals surface area contributed by atoms with Gasteiger partial charge in [0.05, 0.1) is 23.2 Å². The zero-order valence-electron chi connectivity index (χ0n) is 17.9. The molecule has 10 heteroatoms. The van der Waals surface area contributed by atoms with Gasteiger partial charge in [-0.1, -0.05) is 6.07 Å². The number of nitrogens with zero attached hydrogens (tertiary/aromatic N) is 2. The van der Waals surface area contributed by atoms with Crippen molar-refractivity contribution in [3.05, 3.63) is 87.0 Å². The monoisotopic (exact) mass is 483 g/mol. The standard InChI is InChI=1S/C24H19F2N3O4S/c1-12-21(23(30)28-20-13-7-9-34-19(13)10-14(20)24(31)32)29-8-3-6-18(22(29)27-12)33-11-15-16(25)4-2-5-17(15)26/h2-9,14,20H,10-11H2,1H3,(H,28,30)(H,31,32)/t14-,20-/m1/s1. The molecule has 5 rings (SSSR count). The Kier molecular flexibility index (Phi) is 5.52. The Bertz CT molecular complexity index is 1410. The van der Waals surface area contributed by atoms with Gasteiger partial charge in [-0.05, 0) is 54.6 Å². The zero-order valence-corrected chi connectivity index (χ0v) is 18.7.